The first kappa shape index (κ1) is 35.4. The van der Waals surface area contributed by atoms with Crippen LogP contribution in [0, 0.1) is 0 Å². The highest BCUT2D eigenvalue weighted by molar-refractivity contribution is 5.76. The van der Waals surface area contributed by atoms with E-state index in [1.54, 1.807) is 18.8 Å². The molecule has 268 valence electrons. The number of aromatic nitrogens is 2. The molecule has 3 heterocycles. The zero-order valence-corrected chi connectivity index (χ0v) is 28.6. The Balaban J connectivity index is 0.000000171. The number of methoxy groups -OCH3 is 2. The third-order valence-electron chi connectivity index (χ3n) is 10.5. The van der Waals surface area contributed by atoms with E-state index in [2.05, 4.69) is 10.3 Å². The molecule has 2 aliphatic carbocycles. The normalized spacial score (nSPS) is 23.7. The summed E-state index contributed by atoms with van der Waals surface area (Å²) in [7, 11) is 3.22. The number of nitrogens with two attached hydrogens (primary N) is 1. The number of nitrogens with one attached hydrogen (secondary N) is 1. The number of aliphatic hydroxyl groups is 2. The van der Waals surface area contributed by atoms with Gasteiger partial charge in [-0.25, -0.2) is 4.98 Å². The Morgan fingerprint density at radius 2 is 1.33 bits per heavy atom. The Hall–Kier alpha value is -3.46. The largest absolute Gasteiger partial charge is 0.497 e. The first-order valence-corrected chi connectivity index (χ1v) is 17.3. The third-order valence-corrected chi connectivity index (χ3v) is 10.5. The molecule has 0 atom stereocenters. The lowest BCUT2D eigenvalue weighted by molar-refractivity contribution is -0.203. The molecule has 2 spiro atoms. The molecule has 0 radical (unpaired) electrons. The molecule has 1 aromatic heterocycles. The van der Waals surface area contributed by atoms with Gasteiger partial charge < -0.3 is 54.3 Å². The number of nitrogens with zero attached hydrogens (tertiary/aromatic N) is 2. The topological polar surface area (TPSA) is 169 Å². The highest BCUT2D eigenvalue weighted by Gasteiger charge is 2.46. The Morgan fingerprint density at radius 1 is 0.796 bits per heavy atom. The monoisotopic (exact) mass is 682 g/mol. The van der Waals surface area contributed by atoms with E-state index < -0.39 is 22.8 Å². The molecule has 0 unspecified atom stereocenters. The van der Waals surface area contributed by atoms with Gasteiger partial charge in [0.15, 0.2) is 11.6 Å². The molecule has 0 amide bonds. The van der Waals surface area contributed by atoms with Crippen molar-refractivity contribution in [2.75, 3.05) is 58.2 Å². The quantitative estimate of drug-likeness (QED) is 0.240. The standard InChI is InChI=1S/C19H24N2O5.C17H26N2O4/c1-24-14-2-3-15-16(12-14)21(17(22)13-20-15)9-8-18(23)4-6-19(7-5-18)25-10-11-26-19;1-21-13-2-3-14(18)15(12-13)19-9-8-16(20)4-6-17(7-5-16)22-10-11-23-17/h2-3,12-13,23H,4-11H2,1H3;2-3,12,19-20H,4-11,18H2,1H3. The van der Waals surface area contributed by atoms with E-state index in [9.17, 15) is 15.0 Å². The summed E-state index contributed by atoms with van der Waals surface area (Å²) in [5.74, 6) is 0.500. The lowest BCUT2D eigenvalue weighted by atomic mass is 9.79. The minimum Gasteiger partial charge on any atom is -0.497 e. The molecule has 4 fully saturated rings. The average molecular weight is 683 g/mol. The molecule has 0 bridgehead atoms. The number of hydrogen-bond donors (Lipinski definition) is 4. The average Bonchev–Trinajstić information content (AvgIpc) is 3.79. The van der Waals surface area contributed by atoms with Crippen molar-refractivity contribution in [3.8, 4) is 11.5 Å². The van der Waals surface area contributed by atoms with Crippen molar-refractivity contribution in [1.82, 2.24) is 9.55 Å². The van der Waals surface area contributed by atoms with Crippen LogP contribution in [0.15, 0.2) is 47.4 Å². The van der Waals surface area contributed by atoms with Gasteiger partial charge in [-0.2, -0.15) is 0 Å². The second kappa shape index (κ2) is 14.8. The Bertz CT molecular complexity index is 1610. The number of hydrogen-bond acceptors (Lipinski definition) is 12. The van der Waals surface area contributed by atoms with Crippen LogP contribution in [0.4, 0.5) is 11.4 Å². The number of benzene rings is 2. The molecule has 7 rings (SSSR count). The number of fused-ring (bicyclic) bond motifs is 1. The predicted molar refractivity (Wildman–Crippen MR) is 184 cm³/mol. The van der Waals surface area contributed by atoms with Gasteiger partial charge in [-0.05, 0) is 62.8 Å². The number of rotatable bonds is 9. The van der Waals surface area contributed by atoms with E-state index in [0.717, 1.165) is 35.3 Å². The highest BCUT2D eigenvalue weighted by atomic mass is 16.7. The molecule has 2 aliphatic heterocycles. The van der Waals surface area contributed by atoms with Crippen molar-refractivity contribution in [3.63, 3.8) is 0 Å². The molecule has 13 nitrogen and oxygen atoms in total. The Morgan fingerprint density at radius 3 is 1.90 bits per heavy atom. The molecule has 5 N–H and O–H groups in total. The minimum atomic E-state index is -0.811. The highest BCUT2D eigenvalue weighted by Crippen LogP contribution is 2.43. The molecular weight excluding hydrogens is 632 g/mol. The number of nitrogen functional groups attached to an aromatic ring is 1. The second-order valence-corrected chi connectivity index (χ2v) is 13.6. The van der Waals surface area contributed by atoms with Crippen LogP contribution in [0.1, 0.15) is 64.2 Å². The van der Waals surface area contributed by atoms with Gasteiger partial charge in [0.05, 0.1) is 80.5 Å². The van der Waals surface area contributed by atoms with Crippen molar-refractivity contribution < 1.29 is 38.6 Å². The second-order valence-electron chi connectivity index (χ2n) is 13.6. The summed E-state index contributed by atoms with van der Waals surface area (Å²) in [5.41, 5.74) is 7.27. The Labute approximate surface area is 286 Å². The molecule has 13 heteroatoms. The van der Waals surface area contributed by atoms with Crippen molar-refractivity contribution in [2.24, 2.45) is 0 Å². The summed E-state index contributed by atoms with van der Waals surface area (Å²) in [6.45, 7) is 3.65. The minimum absolute atomic E-state index is 0.177. The first-order chi connectivity index (χ1) is 23.6. The van der Waals surface area contributed by atoms with Crippen molar-refractivity contribution in [2.45, 2.75) is 93.5 Å². The maximum Gasteiger partial charge on any atom is 0.269 e. The fourth-order valence-electron chi connectivity index (χ4n) is 7.33. The lowest BCUT2D eigenvalue weighted by Gasteiger charge is -2.40. The Kier molecular flexibility index (Phi) is 10.7. The van der Waals surface area contributed by atoms with Crippen LogP contribution in [0.25, 0.3) is 11.0 Å². The molecule has 4 aliphatic rings. The van der Waals surface area contributed by atoms with Crippen molar-refractivity contribution in [3.05, 3.63) is 52.9 Å². The summed E-state index contributed by atoms with van der Waals surface area (Å²) >= 11 is 0. The van der Waals surface area contributed by atoms with Crippen molar-refractivity contribution >= 4 is 22.4 Å². The van der Waals surface area contributed by atoms with E-state index in [-0.39, 0.29) is 5.56 Å². The zero-order chi connectivity index (χ0) is 34.5. The van der Waals surface area contributed by atoms with E-state index >= 15 is 0 Å². The van der Waals surface area contributed by atoms with Crippen LogP contribution in [-0.4, -0.2) is 89.7 Å². The van der Waals surface area contributed by atoms with Gasteiger partial charge in [-0.1, -0.05) is 0 Å². The van der Waals surface area contributed by atoms with E-state index in [1.165, 1.54) is 6.20 Å². The molecule has 2 saturated carbocycles. The molecule has 3 aromatic rings. The maximum absolute atomic E-state index is 12.4. The predicted octanol–water partition coefficient (Wildman–Crippen LogP) is 3.97. The fraction of sp³-hybridized carbons (Fsp3) is 0.611. The van der Waals surface area contributed by atoms with Crippen LogP contribution in [-0.2, 0) is 25.5 Å². The van der Waals surface area contributed by atoms with Gasteiger partial charge in [0.2, 0.25) is 0 Å². The van der Waals surface area contributed by atoms with Gasteiger partial charge in [0, 0.05) is 50.9 Å². The zero-order valence-electron chi connectivity index (χ0n) is 28.6. The van der Waals surface area contributed by atoms with Gasteiger partial charge in [-0.3, -0.25) is 4.79 Å². The summed E-state index contributed by atoms with van der Waals surface area (Å²) in [6, 6.07) is 11.0. The lowest BCUT2D eigenvalue weighted by Crippen LogP contribution is -2.44. The fourth-order valence-corrected chi connectivity index (χ4v) is 7.33. The van der Waals surface area contributed by atoms with Crippen LogP contribution in [0.2, 0.25) is 0 Å². The number of ether oxygens (including phenoxy) is 6. The first-order valence-electron chi connectivity index (χ1n) is 17.3. The molecular formula is C36H50N4O9. The van der Waals surface area contributed by atoms with Gasteiger partial charge >= 0.3 is 0 Å². The van der Waals surface area contributed by atoms with Crippen molar-refractivity contribution in [1.29, 1.82) is 0 Å². The molecule has 2 aromatic carbocycles. The van der Waals surface area contributed by atoms with Gasteiger partial charge in [0.1, 0.15) is 11.5 Å². The van der Waals surface area contributed by atoms with Gasteiger partial charge in [0.25, 0.3) is 5.56 Å². The van der Waals surface area contributed by atoms with E-state index in [0.29, 0.717) is 102 Å². The smallest absolute Gasteiger partial charge is 0.269 e. The summed E-state index contributed by atoms with van der Waals surface area (Å²) in [5, 5.41) is 25.0. The van der Waals surface area contributed by atoms with Gasteiger partial charge in [-0.15, -0.1) is 0 Å². The van der Waals surface area contributed by atoms with E-state index in [1.807, 2.05) is 36.4 Å². The number of aryl methyl sites for hydroxylation is 1. The van der Waals surface area contributed by atoms with Crippen LogP contribution in [0.3, 0.4) is 0 Å². The summed E-state index contributed by atoms with van der Waals surface area (Å²) in [6.07, 6.45) is 7.98. The maximum atomic E-state index is 12.4. The summed E-state index contributed by atoms with van der Waals surface area (Å²) < 4.78 is 35.0. The third kappa shape index (κ3) is 8.30. The molecule has 2 saturated heterocycles. The molecule has 49 heavy (non-hydrogen) atoms. The van der Waals surface area contributed by atoms with Crippen LogP contribution >= 0.6 is 0 Å². The van der Waals surface area contributed by atoms with E-state index in [4.69, 9.17) is 34.2 Å². The van der Waals surface area contributed by atoms with Crippen LogP contribution < -0.4 is 26.1 Å². The SMILES string of the molecule is COc1ccc(N)c(NCCC2(O)CCC3(CC2)OCCO3)c1.COc1ccc2ncc(=O)n(CCC3(O)CCC4(CC3)OCCO4)c2c1. The number of anilines is 2. The van der Waals surface area contributed by atoms with Crippen LogP contribution in [0.5, 0.6) is 11.5 Å². The summed E-state index contributed by atoms with van der Waals surface area (Å²) in [4.78, 5) is 16.5.